The van der Waals surface area contributed by atoms with E-state index in [-0.39, 0.29) is 22.9 Å². The zero-order valence-corrected chi connectivity index (χ0v) is 18.7. The number of imidazole rings is 1. The predicted molar refractivity (Wildman–Crippen MR) is 125 cm³/mol. The summed E-state index contributed by atoms with van der Waals surface area (Å²) in [6.45, 7) is 0.582. The van der Waals surface area contributed by atoms with Crippen LogP contribution in [0.4, 0.5) is 0 Å². The van der Waals surface area contributed by atoms with E-state index in [4.69, 9.17) is 0 Å². The van der Waals surface area contributed by atoms with Crippen molar-refractivity contribution in [3.63, 3.8) is 0 Å². The highest BCUT2D eigenvalue weighted by molar-refractivity contribution is 7.89. The molecule has 0 unspecified atom stereocenters. The SMILES string of the molecule is O=C(NCCc1ncc(-c2ccccc2)[nH]1)c1cccc(S(=O)(=O)NCc2cccs2)c1. The molecule has 3 N–H and O–H groups in total. The molecule has 9 heteroatoms. The summed E-state index contributed by atoms with van der Waals surface area (Å²) in [6.07, 6.45) is 2.29. The van der Waals surface area contributed by atoms with Crippen LogP contribution in [0.1, 0.15) is 21.1 Å². The highest BCUT2D eigenvalue weighted by atomic mass is 32.2. The number of sulfonamides is 1. The molecule has 0 saturated carbocycles. The lowest BCUT2D eigenvalue weighted by atomic mass is 10.2. The molecule has 0 fully saturated rings. The number of thiophene rings is 1. The van der Waals surface area contributed by atoms with E-state index in [1.54, 1.807) is 18.3 Å². The van der Waals surface area contributed by atoms with Crippen LogP contribution in [0, 0.1) is 0 Å². The van der Waals surface area contributed by atoms with Crippen LogP contribution in [0.15, 0.2) is 83.2 Å². The third-order valence-electron chi connectivity index (χ3n) is 4.78. The van der Waals surface area contributed by atoms with Crippen molar-refractivity contribution >= 4 is 27.3 Å². The lowest BCUT2D eigenvalue weighted by Crippen LogP contribution is -2.27. The molecule has 7 nitrogen and oxygen atoms in total. The standard InChI is InChI=1S/C23H22N4O3S2/c28-23(24-12-11-22-25-16-21(27-22)17-6-2-1-3-7-17)18-8-4-10-20(14-18)32(29,30)26-15-19-9-5-13-31-19/h1-10,13-14,16,26H,11-12,15H2,(H,24,28)(H,25,27). The Morgan fingerprint density at radius 2 is 1.88 bits per heavy atom. The molecule has 0 saturated heterocycles. The van der Waals surface area contributed by atoms with Crippen molar-refractivity contribution in [1.29, 1.82) is 0 Å². The van der Waals surface area contributed by atoms with Gasteiger partial charge in [0.2, 0.25) is 10.0 Å². The van der Waals surface area contributed by atoms with E-state index in [1.165, 1.54) is 23.5 Å². The van der Waals surface area contributed by atoms with E-state index in [0.717, 1.165) is 22.0 Å². The number of carbonyl (C=O) groups excluding carboxylic acids is 1. The van der Waals surface area contributed by atoms with Gasteiger partial charge >= 0.3 is 0 Å². The Balaban J connectivity index is 1.33. The van der Waals surface area contributed by atoms with Crippen LogP contribution >= 0.6 is 11.3 Å². The first-order valence-electron chi connectivity index (χ1n) is 10.0. The fourth-order valence-corrected chi connectivity index (χ4v) is 4.91. The molecular formula is C23H22N4O3S2. The second-order valence-corrected chi connectivity index (χ2v) is 9.85. The molecule has 0 bridgehead atoms. The molecular weight excluding hydrogens is 444 g/mol. The Morgan fingerprint density at radius 3 is 2.66 bits per heavy atom. The summed E-state index contributed by atoms with van der Waals surface area (Å²) in [5.74, 6) is 0.424. The molecule has 1 amide bonds. The van der Waals surface area contributed by atoms with Crippen molar-refractivity contribution in [2.75, 3.05) is 6.54 Å². The monoisotopic (exact) mass is 466 g/mol. The highest BCUT2D eigenvalue weighted by Gasteiger charge is 2.16. The van der Waals surface area contributed by atoms with E-state index in [0.29, 0.717) is 13.0 Å². The summed E-state index contributed by atoms with van der Waals surface area (Å²) in [5.41, 5.74) is 2.24. The van der Waals surface area contributed by atoms with Gasteiger partial charge in [0.25, 0.3) is 5.91 Å². The fourth-order valence-electron chi connectivity index (χ4n) is 3.12. The Bertz CT molecular complexity index is 1280. The van der Waals surface area contributed by atoms with Gasteiger partial charge < -0.3 is 10.3 Å². The summed E-state index contributed by atoms with van der Waals surface area (Å²) in [4.78, 5) is 21.1. The molecule has 4 rings (SSSR count). The van der Waals surface area contributed by atoms with E-state index < -0.39 is 10.0 Å². The van der Waals surface area contributed by atoms with Crippen LogP contribution in [0.2, 0.25) is 0 Å². The van der Waals surface area contributed by atoms with Crippen molar-refractivity contribution in [1.82, 2.24) is 20.0 Å². The van der Waals surface area contributed by atoms with E-state index in [1.807, 2.05) is 47.8 Å². The zero-order chi connectivity index (χ0) is 22.4. The van der Waals surface area contributed by atoms with Crippen LogP contribution < -0.4 is 10.0 Å². The van der Waals surface area contributed by atoms with Crippen LogP contribution in [-0.4, -0.2) is 30.8 Å². The average Bonchev–Trinajstić information content (AvgIpc) is 3.51. The van der Waals surface area contributed by atoms with Gasteiger partial charge in [0.1, 0.15) is 5.82 Å². The van der Waals surface area contributed by atoms with Crippen LogP contribution in [0.25, 0.3) is 11.3 Å². The summed E-state index contributed by atoms with van der Waals surface area (Å²) >= 11 is 1.48. The second kappa shape index (κ2) is 9.90. The molecule has 2 aromatic heterocycles. The average molecular weight is 467 g/mol. The fraction of sp³-hybridized carbons (Fsp3) is 0.130. The van der Waals surface area contributed by atoms with Crippen molar-refractivity contribution in [2.45, 2.75) is 17.9 Å². The van der Waals surface area contributed by atoms with Crippen molar-refractivity contribution in [3.8, 4) is 11.3 Å². The molecule has 2 heterocycles. The molecule has 32 heavy (non-hydrogen) atoms. The van der Waals surface area contributed by atoms with E-state index in [2.05, 4.69) is 20.0 Å². The summed E-state index contributed by atoms with van der Waals surface area (Å²) in [7, 11) is -3.72. The summed E-state index contributed by atoms with van der Waals surface area (Å²) < 4.78 is 27.7. The number of amides is 1. The first-order valence-corrected chi connectivity index (χ1v) is 12.4. The number of benzene rings is 2. The third kappa shape index (κ3) is 5.50. The van der Waals surface area contributed by atoms with Gasteiger partial charge in [0.05, 0.1) is 16.8 Å². The van der Waals surface area contributed by atoms with E-state index >= 15 is 0 Å². The minimum absolute atomic E-state index is 0.0558. The smallest absolute Gasteiger partial charge is 0.251 e. The Hall–Kier alpha value is -3.27. The largest absolute Gasteiger partial charge is 0.352 e. The number of rotatable bonds is 9. The Kier molecular flexibility index (Phi) is 6.79. The first kappa shape index (κ1) is 21.9. The molecule has 0 aliphatic rings. The van der Waals surface area contributed by atoms with Gasteiger partial charge in [0, 0.05) is 30.0 Å². The molecule has 0 aliphatic heterocycles. The molecule has 0 atom stereocenters. The van der Waals surface area contributed by atoms with Crippen LogP contribution in [-0.2, 0) is 23.0 Å². The lowest BCUT2D eigenvalue weighted by Gasteiger charge is -2.08. The number of hydrogen-bond donors (Lipinski definition) is 3. The molecule has 2 aromatic carbocycles. The van der Waals surface area contributed by atoms with E-state index in [9.17, 15) is 13.2 Å². The van der Waals surface area contributed by atoms with Crippen LogP contribution in [0.5, 0.6) is 0 Å². The molecule has 0 radical (unpaired) electrons. The Morgan fingerprint density at radius 1 is 1.03 bits per heavy atom. The van der Waals surface area contributed by atoms with Gasteiger partial charge in [-0.1, -0.05) is 42.5 Å². The highest BCUT2D eigenvalue weighted by Crippen LogP contribution is 2.16. The maximum Gasteiger partial charge on any atom is 0.251 e. The lowest BCUT2D eigenvalue weighted by molar-refractivity contribution is 0.0954. The number of aromatic nitrogens is 2. The minimum atomic E-state index is -3.72. The number of nitrogens with zero attached hydrogens (tertiary/aromatic N) is 1. The van der Waals surface area contributed by atoms with Crippen molar-refractivity contribution in [3.05, 3.63) is 94.6 Å². The van der Waals surface area contributed by atoms with Crippen molar-refractivity contribution < 1.29 is 13.2 Å². The summed E-state index contributed by atoms with van der Waals surface area (Å²) in [5, 5.41) is 4.71. The predicted octanol–water partition coefficient (Wildman–Crippen LogP) is 3.59. The molecule has 0 spiro atoms. The maximum absolute atomic E-state index is 12.6. The van der Waals surface area contributed by atoms with Crippen LogP contribution in [0.3, 0.4) is 0 Å². The second-order valence-electron chi connectivity index (χ2n) is 7.05. The zero-order valence-electron chi connectivity index (χ0n) is 17.1. The number of nitrogens with one attached hydrogen (secondary N) is 3. The molecule has 0 aliphatic carbocycles. The normalized spacial score (nSPS) is 11.4. The minimum Gasteiger partial charge on any atom is -0.352 e. The van der Waals surface area contributed by atoms with Gasteiger partial charge in [-0.05, 0) is 35.2 Å². The van der Waals surface area contributed by atoms with Gasteiger partial charge in [-0.15, -0.1) is 11.3 Å². The number of H-pyrrole nitrogens is 1. The number of carbonyl (C=O) groups is 1. The maximum atomic E-state index is 12.6. The first-order chi connectivity index (χ1) is 15.5. The Labute approximate surface area is 190 Å². The van der Waals surface area contributed by atoms with Gasteiger partial charge in [-0.3, -0.25) is 4.79 Å². The number of aromatic amines is 1. The summed E-state index contributed by atoms with van der Waals surface area (Å²) in [6, 6.07) is 19.6. The third-order valence-corrected chi connectivity index (χ3v) is 7.06. The molecule has 4 aromatic rings. The molecule has 164 valence electrons. The topological polar surface area (TPSA) is 104 Å². The number of hydrogen-bond acceptors (Lipinski definition) is 5. The van der Waals surface area contributed by atoms with Crippen molar-refractivity contribution in [2.24, 2.45) is 0 Å². The quantitative estimate of drug-likeness (QED) is 0.351. The van der Waals surface area contributed by atoms with Gasteiger partial charge in [-0.2, -0.15) is 0 Å². The van der Waals surface area contributed by atoms with Gasteiger partial charge in [-0.25, -0.2) is 18.1 Å². The van der Waals surface area contributed by atoms with Gasteiger partial charge in [0.15, 0.2) is 0 Å².